The van der Waals surface area contributed by atoms with Crippen LogP contribution in [0.25, 0.3) is 0 Å². The molecule has 7 heteroatoms. The molecule has 0 atom stereocenters. The quantitative estimate of drug-likeness (QED) is 0.866. The molecule has 0 unspecified atom stereocenters. The zero-order valence-electron chi connectivity index (χ0n) is 12.9. The van der Waals surface area contributed by atoms with Crippen LogP contribution in [0.2, 0.25) is 5.02 Å². The number of amides is 2. The zero-order valence-corrected chi connectivity index (χ0v) is 13.6. The highest BCUT2D eigenvalue weighted by Gasteiger charge is 2.12. The van der Waals surface area contributed by atoms with E-state index in [1.165, 1.54) is 32.4 Å². The van der Waals surface area contributed by atoms with Gasteiger partial charge in [0, 0.05) is 16.8 Å². The van der Waals surface area contributed by atoms with Gasteiger partial charge in [-0.05, 0) is 36.8 Å². The van der Waals surface area contributed by atoms with E-state index >= 15 is 0 Å². The molecule has 0 radical (unpaired) electrons. The highest BCUT2D eigenvalue weighted by atomic mass is 35.5. The fourth-order valence-electron chi connectivity index (χ4n) is 1.98. The lowest BCUT2D eigenvalue weighted by Crippen LogP contribution is -2.20. The topological polar surface area (TPSA) is 59.6 Å². The van der Waals surface area contributed by atoms with E-state index in [0.717, 1.165) is 5.56 Å². The second-order valence-corrected chi connectivity index (χ2v) is 5.16. The molecule has 0 fully saturated rings. The molecule has 122 valence electrons. The van der Waals surface area contributed by atoms with Crippen LogP contribution in [0.1, 0.15) is 5.56 Å². The lowest BCUT2D eigenvalue weighted by atomic mass is 10.1. The number of carbonyl (C=O) groups is 1. The number of halogens is 2. The van der Waals surface area contributed by atoms with E-state index in [4.69, 9.17) is 21.1 Å². The second-order valence-electron chi connectivity index (χ2n) is 4.73. The molecule has 0 aromatic heterocycles. The molecule has 0 bridgehead atoms. The van der Waals surface area contributed by atoms with E-state index < -0.39 is 11.8 Å². The van der Waals surface area contributed by atoms with Crippen molar-refractivity contribution in [2.24, 2.45) is 0 Å². The lowest BCUT2D eigenvalue weighted by Gasteiger charge is -2.14. The molecule has 0 spiro atoms. The van der Waals surface area contributed by atoms with Crippen LogP contribution in [0.15, 0.2) is 30.3 Å². The summed E-state index contributed by atoms with van der Waals surface area (Å²) in [5, 5.41) is 5.37. The third-order valence-corrected chi connectivity index (χ3v) is 3.39. The molecule has 2 aromatic rings. The SMILES string of the molecule is COc1cc(C)c(NC(=O)Nc2cc(Cl)ccc2F)cc1OC. The summed E-state index contributed by atoms with van der Waals surface area (Å²) in [4.78, 5) is 12.0. The maximum atomic E-state index is 13.6. The number of benzene rings is 2. The maximum absolute atomic E-state index is 13.6. The van der Waals surface area contributed by atoms with Crippen LogP contribution < -0.4 is 20.1 Å². The van der Waals surface area contributed by atoms with Gasteiger partial charge in [0.15, 0.2) is 11.5 Å². The molecule has 23 heavy (non-hydrogen) atoms. The first-order valence-corrected chi connectivity index (χ1v) is 7.08. The van der Waals surface area contributed by atoms with Crippen molar-refractivity contribution in [3.8, 4) is 11.5 Å². The largest absolute Gasteiger partial charge is 0.493 e. The number of urea groups is 1. The van der Waals surface area contributed by atoms with E-state index in [1.54, 1.807) is 19.1 Å². The Balaban J connectivity index is 2.18. The first-order valence-electron chi connectivity index (χ1n) is 6.70. The van der Waals surface area contributed by atoms with Gasteiger partial charge in [-0.1, -0.05) is 11.6 Å². The molecule has 2 amide bonds. The van der Waals surface area contributed by atoms with Crippen molar-refractivity contribution in [1.82, 2.24) is 0 Å². The van der Waals surface area contributed by atoms with Crippen LogP contribution in [-0.2, 0) is 0 Å². The summed E-state index contributed by atoms with van der Waals surface area (Å²) >= 11 is 5.79. The lowest BCUT2D eigenvalue weighted by molar-refractivity contribution is 0.262. The molecule has 5 nitrogen and oxygen atoms in total. The molecule has 0 saturated heterocycles. The van der Waals surface area contributed by atoms with Gasteiger partial charge < -0.3 is 20.1 Å². The molecule has 0 heterocycles. The Kier molecular flexibility index (Phi) is 5.28. The Labute approximate surface area is 138 Å². The van der Waals surface area contributed by atoms with Crippen molar-refractivity contribution in [2.75, 3.05) is 24.9 Å². The summed E-state index contributed by atoms with van der Waals surface area (Å²) in [5.74, 6) is 0.452. The minimum Gasteiger partial charge on any atom is -0.493 e. The minimum absolute atomic E-state index is 0.00636. The third-order valence-electron chi connectivity index (χ3n) is 3.16. The number of aryl methyl sites for hydroxylation is 1. The third kappa shape index (κ3) is 4.04. The predicted octanol–water partition coefficient (Wildman–Crippen LogP) is 4.45. The maximum Gasteiger partial charge on any atom is 0.323 e. The summed E-state index contributed by atoms with van der Waals surface area (Å²) < 4.78 is 24.0. The molecule has 2 N–H and O–H groups in total. The van der Waals surface area contributed by atoms with Gasteiger partial charge >= 0.3 is 6.03 Å². The van der Waals surface area contributed by atoms with Crippen LogP contribution in [0.4, 0.5) is 20.6 Å². The average molecular weight is 339 g/mol. The van der Waals surface area contributed by atoms with Gasteiger partial charge in [0.25, 0.3) is 0 Å². The van der Waals surface area contributed by atoms with Gasteiger partial charge in [-0.3, -0.25) is 0 Å². The summed E-state index contributed by atoms with van der Waals surface area (Å²) in [5.41, 5.74) is 1.28. The number of ether oxygens (including phenoxy) is 2. The molecule has 2 rings (SSSR count). The molecule has 0 saturated carbocycles. The van der Waals surface area contributed by atoms with E-state index in [0.29, 0.717) is 22.2 Å². The van der Waals surface area contributed by atoms with Crippen molar-refractivity contribution in [3.05, 3.63) is 46.7 Å². The summed E-state index contributed by atoms with van der Waals surface area (Å²) in [6, 6.07) is 6.67. The van der Waals surface area contributed by atoms with Crippen molar-refractivity contribution >= 4 is 29.0 Å². The normalized spacial score (nSPS) is 10.1. The molecule has 0 aliphatic heterocycles. The van der Waals surface area contributed by atoms with E-state index in [9.17, 15) is 9.18 Å². The molecule has 0 aliphatic carbocycles. The van der Waals surface area contributed by atoms with Crippen LogP contribution in [-0.4, -0.2) is 20.3 Å². The molecular weight excluding hydrogens is 323 g/mol. The standard InChI is InChI=1S/C16H16ClFN2O3/c1-9-6-14(22-2)15(23-3)8-12(9)19-16(21)20-13-7-10(17)4-5-11(13)18/h4-8H,1-3H3,(H2,19,20,21). The van der Waals surface area contributed by atoms with Gasteiger partial charge in [-0.2, -0.15) is 0 Å². The first kappa shape index (κ1) is 16.9. The Morgan fingerprint density at radius 3 is 2.30 bits per heavy atom. The van der Waals surface area contributed by atoms with Gasteiger partial charge in [-0.25, -0.2) is 9.18 Å². The Morgan fingerprint density at radius 1 is 1.04 bits per heavy atom. The van der Waals surface area contributed by atoms with Crippen LogP contribution in [0.5, 0.6) is 11.5 Å². The van der Waals surface area contributed by atoms with E-state index in [2.05, 4.69) is 10.6 Å². The fourth-order valence-corrected chi connectivity index (χ4v) is 2.16. The Morgan fingerprint density at radius 2 is 1.65 bits per heavy atom. The van der Waals surface area contributed by atoms with Crippen molar-refractivity contribution in [1.29, 1.82) is 0 Å². The Bertz CT molecular complexity index is 738. The van der Waals surface area contributed by atoms with Crippen LogP contribution in [0, 0.1) is 12.7 Å². The van der Waals surface area contributed by atoms with Crippen LogP contribution >= 0.6 is 11.6 Å². The highest BCUT2D eigenvalue weighted by molar-refractivity contribution is 6.30. The number of hydrogen-bond acceptors (Lipinski definition) is 3. The monoisotopic (exact) mass is 338 g/mol. The molecular formula is C16H16ClFN2O3. The number of methoxy groups -OCH3 is 2. The smallest absolute Gasteiger partial charge is 0.323 e. The summed E-state index contributed by atoms with van der Waals surface area (Å²) in [6.45, 7) is 1.80. The molecule has 0 aliphatic rings. The second kappa shape index (κ2) is 7.19. The van der Waals surface area contributed by atoms with E-state index in [-0.39, 0.29) is 5.69 Å². The first-order chi connectivity index (χ1) is 10.9. The number of hydrogen-bond donors (Lipinski definition) is 2. The van der Waals surface area contributed by atoms with Gasteiger partial charge in [0.2, 0.25) is 0 Å². The molecule has 2 aromatic carbocycles. The number of anilines is 2. The Hall–Kier alpha value is -2.47. The van der Waals surface area contributed by atoms with Crippen molar-refractivity contribution in [3.63, 3.8) is 0 Å². The van der Waals surface area contributed by atoms with Gasteiger partial charge in [0.1, 0.15) is 5.82 Å². The summed E-state index contributed by atoms with van der Waals surface area (Å²) in [6.07, 6.45) is 0. The van der Waals surface area contributed by atoms with Gasteiger partial charge in [0.05, 0.1) is 19.9 Å². The van der Waals surface area contributed by atoms with Crippen LogP contribution in [0.3, 0.4) is 0 Å². The summed E-state index contributed by atoms with van der Waals surface area (Å²) in [7, 11) is 3.03. The number of nitrogens with one attached hydrogen (secondary N) is 2. The number of carbonyl (C=O) groups excluding carboxylic acids is 1. The highest BCUT2D eigenvalue weighted by Crippen LogP contribution is 2.33. The zero-order chi connectivity index (χ0) is 17.0. The van der Waals surface area contributed by atoms with Crippen molar-refractivity contribution < 1.29 is 18.7 Å². The fraction of sp³-hybridized carbons (Fsp3) is 0.188. The van der Waals surface area contributed by atoms with E-state index in [1.807, 2.05) is 0 Å². The van der Waals surface area contributed by atoms with Gasteiger partial charge in [-0.15, -0.1) is 0 Å². The average Bonchev–Trinajstić information content (AvgIpc) is 2.52. The number of rotatable bonds is 4. The minimum atomic E-state index is -0.596. The predicted molar refractivity (Wildman–Crippen MR) is 88.3 cm³/mol. The van der Waals surface area contributed by atoms with Crippen molar-refractivity contribution in [2.45, 2.75) is 6.92 Å².